The average Bonchev–Trinajstić information content (AvgIpc) is 2.79. The molecule has 156 valence electrons. The van der Waals surface area contributed by atoms with Crippen LogP contribution in [0.25, 0.3) is 16.6 Å². The summed E-state index contributed by atoms with van der Waals surface area (Å²) in [5, 5.41) is 1.05. The van der Waals surface area contributed by atoms with Gasteiger partial charge in [-0.25, -0.2) is 0 Å². The standard InChI is InChI=1S/C25H23N3O2S/c1-18(2)27(19-11-5-3-6-12-19)23(29)17-31-25-26-24(30)21-15-9-10-16-22(21)28(25)20-13-7-4-8-14-20/h3-16,18H,17H2,1-2H3. The lowest BCUT2D eigenvalue weighted by atomic mass is 10.2. The van der Waals surface area contributed by atoms with Crippen molar-refractivity contribution in [3.05, 3.63) is 95.3 Å². The topological polar surface area (TPSA) is 55.2 Å². The molecule has 0 unspecified atom stereocenters. The Morgan fingerprint density at radius 1 is 0.935 bits per heavy atom. The number of rotatable bonds is 6. The summed E-state index contributed by atoms with van der Waals surface area (Å²) in [4.78, 5) is 31.9. The van der Waals surface area contributed by atoms with Crippen molar-refractivity contribution in [3.8, 4) is 5.69 Å². The van der Waals surface area contributed by atoms with Crippen LogP contribution < -0.4 is 10.5 Å². The fourth-order valence-electron chi connectivity index (χ4n) is 3.59. The Balaban J connectivity index is 1.72. The maximum atomic E-state index is 13.1. The summed E-state index contributed by atoms with van der Waals surface area (Å²) >= 11 is 1.28. The van der Waals surface area contributed by atoms with E-state index in [1.165, 1.54) is 11.8 Å². The number of amides is 1. The molecule has 0 aliphatic carbocycles. The zero-order chi connectivity index (χ0) is 21.8. The summed E-state index contributed by atoms with van der Waals surface area (Å²) < 4.78 is 1.94. The maximum absolute atomic E-state index is 13.1. The minimum atomic E-state index is -0.290. The summed E-state index contributed by atoms with van der Waals surface area (Å²) in [6.45, 7) is 3.98. The predicted molar refractivity (Wildman–Crippen MR) is 127 cm³/mol. The minimum absolute atomic E-state index is 0.0105. The molecule has 1 aromatic heterocycles. The number of fused-ring (bicyclic) bond motifs is 1. The number of carbonyl (C=O) groups is 1. The van der Waals surface area contributed by atoms with E-state index in [-0.39, 0.29) is 23.3 Å². The Labute approximate surface area is 185 Å². The smallest absolute Gasteiger partial charge is 0.281 e. The lowest BCUT2D eigenvalue weighted by Crippen LogP contribution is -2.38. The van der Waals surface area contributed by atoms with E-state index in [0.29, 0.717) is 10.5 Å². The molecule has 0 saturated carbocycles. The number of para-hydroxylation sites is 3. The molecule has 4 aromatic rings. The molecule has 0 fully saturated rings. The monoisotopic (exact) mass is 429 g/mol. The van der Waals surface area contributed by atoms with Gasteiger partial charge in [0.15, 0.2) is 5.16 Å². The van der Waals surface area contributed by atoms with Crippen LogP contribution in [0.4, 0.5) is 5.69 Å². The molecule has 0 saturated heterocycles. The van der Waals surface area contributed by atoms with Gasteiger partial charge in [0.25, 0.3) is 5.56 Å². The van der Waals surface area contributed by atoms with E-state index >= 15 is 0 Å². The number of anilines is 1. The van der Waals surface area contributed by atoms with Crippen molar-refractivity contribution < 1.29 is 4.79 Å². The molecule has 31 heavy (non-hydrogen) atoms. The van der Waals surface area contributed by atoms with Crippen molar-refractivity contribution in [3.63, 3.8) is 0 Å². The highest BCUT2D eigenvalue weighted by Gasteiger charge is 2.21. The molecule has 0 spiro atoms. The van der Waals surface area contributed by atoms with Crippen LogP contribution in [-0.4, -0.2) is 27.3 Å². The Morgan fingerprint density at radius 2 is 1.55 bits per heavy atom. The zero-order valence-corrected chi connectivity index (χ0v) is 18.3. The van der Waals surface area contributed by atoms with Gasteiger partial charge in [0.2, 0.25) is 5.91 Å². The number of thioether (sulfide) groups is 1. The third-order valence-corrected chi connectivity index (χ3v) is 5.85. The van der Waals surface area contributed by atoms with Crippen LogP contribution >= 0.6 is 11.8 Å². The SMILES string of the molecule is CC(C)N(C(=O)CSc1nc(=O)c2ccccc2n1-c1ccccc1)c1ccccc1. The van der Waals surface area contributed by atoms with Crippen LogP contribution in [0.3, 0.4) is 0 Å². The molecule has 0 atom stereocenters. The molecule has 5 nitrogen and oxygen atoms in total. The summed E-state index contributed by atoms with van der Waals surface area (Å²) in [6, 6.07) is 26.8. The Hall–Kier alpha value is -3.38. The number of carbonyl (C=O) groups excluding carboxylic acids is 1. The number of aromatic nitrogens is 2. The molecule has 0 N–H and O–H groups in total. The highest BCUT2D eigenvalue weighted by atomic mass is 32.2. The molecule has 1 heterocycles. The van der Waals surface area contributed by atoms with E-state index in [1.807, 2.05) is 97.3 Å². The first-order chi connectivity index (χ1) is 15.1. The van der Waals surface area contributed by atoms with Gasteiger partial charge in [0.1, 0.15) is 0 Å². The molecule has 0 radical (unpaired) electrons. The van der Waals surface area contributed by atoms with Gasteiger partial charge < -0.3 is 4.90 Å². The molecular weight excluding hydrogens is 406 g/mol. The van der Waals surface area contributed by atoms with Crippen molar-refractivity contribution in [1.82, 2.24) is 9.55 Å². The third kappa shape index (κ3) is 4.39. The van der Waals surface area contributed by atoms with Crippen LogP contribution in [0.15, 0.2) is 94.9 Å². The van der Waals surface area contributed by atoms with Crippen LogP contribution in [-0.2, 0) is 4.79 Å². The first-order valence-corrected chi connectivity index (χ1v) is 11.1. The van der Waals surface area contributed by atoms with E-state index in [4.69, 9.17) is 0 Å². The van der Waals surface area contributed by atoms with E-state index in [0.717, 1.165) is 16.9 Å². The second kappa shape index (κ2) is 9.18. The predicted octanol–water partition coefficient (Wildman–Crippen LogP) is 4.92. The molecule has 0 bridgehead atoms. The number of benzene rings is 3. The molecule has 0 aliphatic rings. The Kier molecular flexibility index (Phi) is 6.18. The number of nitrogens with zero attached hydrogens (tertiary/aromatic N) is 3. The zero-order valence-electron chi connectivity index (χ0n) is 17.4. The van der Waals surface area contributed by atoms with Crippen molar-refractivity contribution in [1.29, 1.82) is 0 Å². The molecule has 1 amide bonds. The van der Waals surface area contributed by atoms with Crippen LogP contribution in [0.2, 0.25) is 0 Å². The van der Waals surface area contributed by atoms with E-state index in [1.54, 1.807) is 11.0 Å². The Morgan fingerprint density at radius 3 is 2.23 bits per heavy atom. The summed E-state index contributed by atoms with van der Waals surface area (Å²) in [7, 11) is 0. The van der Waals surface area contributed by atoms with Gasteiger partial charge in [-0.3, -0.25) is 14.2 Å². The quantitative estimate of drug-likeness (QED) is 0.322. The van der Waals surface area contributed by atoms with Gasteiger partial charge >= 0.3 is 0 Å². The summed E-state index contributed by atoms with van der Waals surface area (Å²) in [5.41, 5.74) is 2.23. The highest BCUT2D eigenvalue weighted by molar-refractivity contribution is 7.99. The van der Waals surface area contributed by atoms with Crippen LogP contribution in [0.1, 0.15) is 13.8 Å². The lowest BCUT2D eigenvalue weighted by Gasteiger charge is -2.27. The highest BCUT2D eigenvalue weighted by Crippen LogP contribution is 2.26. The second-order valence-corrected chi connectivity index (χ2v) is 8.31. The van der Waals surface area contributed by atoms with E-state index in [9.17, 15) is 9.59 Å². The van der Waals surface area contributed by atoms with Crippen molar-refractivity contribution >= 4 is 34.3 Å². The van der Waals surface area contributed by atoms with Gasteiger partial charge in [-0.05, 0) is 50.2 Å². The second-order valence-electron chi connectivity index (χ2n) is 7.37. The van der Waals surface area contributed by atoms with E-state index < -0.39 is 0 Å². The molecule has 6 heteroatoms. The summed E-state index contributed by atoms with van der Waals surface area (Å²) in [5.74, 6) is 0.137. The van der Waals surface area contributed by atoms with Gasteiger partial charge in [0, 0.05) is 17.4 Å². The summed E-state index contributed by atoms with van der Waals surface area (Å²) in [6.07, 6.45) is 0. The van der Waals surface area contributed by atoms with Crippen molar-refractivity contribution in [2.45, 2.75) is 25.0 Å². The molecule has 4 rings (SSSR count). The van der Waals surface area contributed by atoms with Crippen LogP contribution in [0, 0.1) is 0 Å². The first kappa shape index (κ1) is 20.9. The van der Waals surface area contributed by atoms with Crippen molar-refractivity contribution in [2.24, 2.45) is 0 Å². The molecular formula is C25H23N3O2S. The normalized spacial score (nSPS) is 11.1. The average molecular weight is 430 g/mol. The number of hydrogen-bond donors (Lipinski definition) is 0. The fraction of sp³-hybridized carbons (Fsp3) is 0.160. The van der Waals surface area contributed by atoms with Gasteiger partial charge in [-0.1, -0.05) is 60.3 Å². The maximum Gasteiger partial charge on any atom is 0.281 e. The molecule has 0 aliphatic heterocycles. The van der Waals surface area contributed by atoms with Crippen molar-refractivity contribution in [2.75, 3.05) is 10.7 Å². The molecule has 3 aromatic carbocycles. The first-order valence-electron chi connectivity index (χ1n) is 10.1. The number of hydrogen-bond acceptors (Lipinski definition) is 4. The Bertz CT molecular complexity index is 1250. The minimum Gasteiger partial charge on any atom is -0.309 e. The van der Waals surface area contributed by atoms with Gasteiger partial charge in [-0.15, -0.1) is 0 Å². The lowest BCUT2D eigenvalue weighted by molar-refractivity contribution is -0.116. The third-order valence-electron chi connectivity index (χ3n) is 4.92. The van der Waals surface area contributed by atoms with Crippen LogP contribution in [0.5, 0.6) is 0 Å². The largest absolute Gasteiger partial charge is 0.309 e. The fourth-order valence-corrected chi connectivity index (χ4v) is 4.46. The van der Waals surface area contributed by atoms with Gasteiger partial charge in [0.05, 0.1) is 16.7 Å². The van der Waals surface area contributed by atoms with Gasteiger partial charge in [-0.2, -0.15) is 4.98 Å². The van der Waals surface area contributed by atoms with E-state index in [2.05, 4.69) is 4.98 Å².